The Morgan fingerprint density at radius 2 is 0.720 bits per heavy atom. The Bertz CT molecular complexity index is 5380. The molecule has 0 N–H and O–H groups in total. The van der Waals surface area contributed by atoms with Crippen LogP contribution in [0.5, 0.6) is 0 Å². The molecule has 11 aromatic carbocycles. The number of para-hydroxylation sites is 2. The van der Waals surface area contributed by atoms with E-state index in [0.29, 0.717) is 46.5 Å². The van der Waals surface area contributed by atoms with E-state index in [-0.39, 0.29) is 0 Å². The van der Waals surface area contributed by atoms with Crippen molar-refractivity contribution in [2.24, 2.45) is 0 Å². The van der Waals surface area contributed by atoms with Crippen LogP contribution in [-0.2, 0) is 0 Å². The zero-order valence-corrected chi connectivity index (χ0v) is 45.0. The third-order valence-corrected chi connectivity index (χ3v) is 18.0. The van der Waals surface area contributed by atoms with Crippen LogP contribution in [0.2, 0.25) is 0 Å². The van der Waals surface area contributed by atoms with Gasteiger partial charge in [0.05, 0.1) is 0 Å². The number of benzene rings is 11. The van der Waals surface area contributed by atoms with E-state index < -0.39 is 0 Å². The number of hydrogen-bond donors (Lipinski definition) is 0. The molecule has 0 aliphatic heterocycles. The Morgan fingerprint density at radius 3 is 1.40 bits per heavy atom. The van der Waals surface area contributed by atoms with Crippen molar-refractivity contribution in [3.05, 3.63) is 243 Å². The molecule has 17 rings (SSSR count). The molecular formula is C72H40N6O2S2. The number of hydrogen-bond acceptors (Lipinski definition) is 10. The zero-order chi connectivity index (χ0) is 53.8. The Kier molecular flexibility index (Phi) is 10.5. The highest BCUT2D eigenvalue weighted by atomic mass is 32.1. The van der Waals surface area contributed by atoms with Crippen LogP contribution in [0.3, 0.4) is 0 Å². The van der Waals surface area contributed by atoms with Gasteiger partial charge in [-0.15, -0.1) is 22.7 Å². The first-order valence-electron chi connectivity index (χ1n) is 27.0. The lowest BCUT2D eigenvalue weighted by Gasteiger charge is -2.13. The van der Waals surface area contributed by atoms with E-state index in [0.717, 1.165) is 87.0 Å². The molecule has 0 radical (unpaired) electrons. The first-order valence-corrected chi connectivity index (χ1v) is 28.7. The van der Waals surface area contributed by atoms with Gasteiger partial charge in [0.15, 0.2) is 46.5 Å². The van der Waals surface area contributed by atoms with Crippen LogP contribution in [0, 0.1) is 0 Å². The van der Waals surface area contributed by atoms with Crippen molar-refractivity contribution in [3.63, 3.8) is 0 Å². The van der Waals surface area contributed by atoms with Crippen molar-refractivity contribution in [2.75, 3.05) is 0 Å². The minimum absolute atomic E-state index is 0.470. The van der Waals surface area contributed by atoms with Gasteiger partial charge in [-0.3, -0.25) is 0 Å². The SMILES string of the molecule is c1ccc(-c2ccc3cc(-c4nc(-c5ccc6c(c5)sc5c(-c7ccc(-c8nc(-c9ccc%10c(c9)sc9ccccc9%10)nc(-c9cc%10ccccc%10o9)n8)c8ccccc78)cccc56)nc(-c5cc6ccccc6o5)n4)ccc3c2)cc1. The molecule has 0 aliphatic rings. The van der Waals surface area contributed by atoms with E-state index in [4.69, 9.17) is 38.7 Å². The largest absolute Gasteiger partial charge is 0.453 e. The molecule has 0 unspecified atom stereocenters. The number of furan rings is 2. The summed E-state index contributed by atoms with van der Waals surface area (Å²) >= 11 is 3.55. The van der Waals surface area contributed by atoms with Crippen molar-refractivity contribution in [1.82, 2.24) is 29.9 Å². The average molecular weight is 1090 g/mol. The van der Waals surface area contributed by atoms with Gasteiger partial charge in [0.2, 0.25) is 0 Å². The molecule has 382 valence electrons. The van der Waals surface area contributed by atoms with Gasteiger partial charge in [0, 0.05) is 78.9 Å². The molecule has 10 heteroatoms. The predicted octanol–water partition coefficient (Wildman–Crippen LogP) is 19.9. The van der Waals surface area contributed by atoms with Crippen LogP contribution < -0.4 is 0 Å². The molecule has 0 saturated carbocycles. The summed E-state index contributed by atoms with van der Waals surface area (Å²) < 4.78 is 17.6. The van der Waals surface area contributed by atoms with Gasteiger partial charge in [-0.2, -0.15) is 0 Å². The topological polar surface area (TPSA) is 104 Å². The molecule has 0 bridgehead atoms. The van der Waals surface area contributed by atoms with E-state index in [1.807, 2.05) is 66.7 Å². The summed E-state index contributed by atoms with van der Waals surface area (Å²) in [5.41, 5.74) is 9.73. The molecule has 8 nitrogen and oxygen atoms in total. The van der Waals surface area contributed by atoms with E-state index in [2.05, 4.69) is 176 Å². The van der Waals surface area contributed by atoms with Gasteiger partial charge in [-0.05, 0) is 98.9 Å². The summed E-state index contributed by atoms with van der Waals surface area (Å²) in [6, 6.07) is 84.6. The number of nitrogens with zero attached hydrogens (tertiary/aromatic N) is 6. The lowest BCUT2D eigenvalue weighted by molar-refractivity contribution is 0.624. The lowest BCUT2D eigenvalue weighted by atomic mass is 9.94. The second-order valence-corrected chi connectivity index (χ2v) is 22.7. The zero-order valence-electron chi connectivity index (χ0n) is 43.4. The van der Waals surface area contributed by atoms with Crippen LogP contribution in [0.4, 0.5) is 0 Å². The molecule has 17 aromatic rings. The molecule has 0 aliphatic carbocycles. The molecule has 6 aromatic heterocycles. The summed E-state index contributed by atoms with van der Waals surface area (Å²) in [5, 5.41) is 11.1. The van der Waals surface area contributed by atoms with Gasteiger partial charge in [0.1, 0.15) is 11.2 Å². The molecule has 0 amide bonds. The first-order chi connectivity index (χ1) is 40.5. The van der Waals surface area contributed by atoms with Crippen LogP contribution in [0.25, 0.3) is 175 Å². The van der Waals surface area contributed by atoms with Crippen LogP contribution in [0.15, 0.2) is 251 Å². The maximum atomic E-state index is 6.43. The maximum absolute atomic E-state index is 6.43. The Labute approximate surface area is 476 Å². The Hall–Kier alpha value is -10.5. The first kappa shape index (κ1) is 46.4. The fourth-order valence-corrected chi connectivity index (χ4v) is 14.0. The maximum Gasteiger partial charge on any atom is 0.199 e. The third-order valence-electron chi connectivity index (χ3n) is 15.6. The average Bonchev–Trinajstić information content (AvgIpc) is 4.39. The van der Waals surface area contributed by atoms with Crippen molar-refractivity contribution in [1.29, 1.82) is 0 Å². The number of aromatic nitrogens is 6. The highest BCUT2D eigenvalue weighted by Crippen LogP contribution is 2.45. The summed E-state index contributed by atoms with van der Waals surface area (Å²) in [6.07, 6.45) is 0. The third kappa shape index (κ3) is 7.79. The summed E-state index contributed by atoms with van der Waals surface area (Å²) in [4.78, 5) is 31.1. The highest BCUT2D eigenvalue weighted by molar-refractivity contribution is 7.26. The van der Waals surface area contributed by atoms with Gasteiger partial charge in [0.25, 0.3) is 0 Å². The molecule has 0 atom stereocenters. The van der Waals surface area contributed by atoms with Crippen LogP contribution >= 0.6 is 22.7 Å². The molecule has 0 saturated heterocycles. The standard InChI is InChI=1S/C72H40N6O2S2/c1-2-13-41(14-3-1)42-25-26-44-36-47(28-27-43(44)35-42)67-73-68(76-71(75-67)61-37-45-15-4-9-22-59(45)79-61)49-30-32-55-57-21-12-20-56(66(57)82-65(55)40-49)52-33-34-58(51-18-7-6-17-50(51)52)70-74-69(77-72(78-70)62-38-46-16-5-10-23-60(46)80-62)48-29-31-54-53-19-8-11-24-63(53)81-64(54)39-48/h1-40H. The molecule has 0 fully saturated rings. The molecular weight excluding hydrogens is 1040 g/mol. The minimum Gasteiger partial charge on any atom is -0.453 e. The fraction of sp³-hybridized carbons (Fsp3) is 0. The second kappa shape index (κ2) is 18.5. The van der Waals surface area contributed by atoms with Crippen molar-refractivity contribution in [2.45, 2.75) is 0 Å². The quantitative estimate of drug-likeness (QED) is 0.148. The van der Waals surface area contributed by atoms with E-state index in [1.165, 1.54) is 41.4 Å². The number of fused-ring (bicyclic) bond motifs is 10. The Balaban J connectivity index is 0.777. The summed E-state index contributed by atoms with van der Waals surface area (Å²) in [6.45, 7) is 0. The predicted molar refractivity (Wildman–Crippen MR) is 337 cm³/mol. The Morgan fingerprint density at radius 1 is 0.244 bits per heavy atom. The van der Waals surface area contributed by atoms with Gasteiger partial charge in [-0.25, -0.2) is 29.9 Å². The highest BCUT2D eigenvalue weighted by Gasteiger charge is 2.22. The van der Waals surface area contributed by atoms with Crippen molar-refractivity contribution < 1.29 is 8.83 Å². The normalized spacial score (nSPS) is 11.9. The molecule has 0 spiro atoms. The number of thiophene rings is 2. The van der Waals surface area contributed by atoms with E-state index >= 15 is 0 Å². The van der Waals surface area contributed by atoms with Crippen molar-refractivity contribution >= 4 is 107 Å². The van der Waals surface area contributed by atoms with Gasteiger partial charge < -0.3 is 8.83 Å². The lowest BCUT2D eigenvalue weighted by Crippen LogP contribution is -2.00. The summed E-state index contributed by atoms with van der Waals surface area (Å²) in [7, 11) is 0. The van der Waals surface area contributed by atoms with Crippen LogP contribution in [-0.4, -0.2) is 29.9 Å². The van der Waals surface area contributed by atoms with E-state index in [1.54, 1.807) is 22.7 Å². The summed E-state index contributed by atoms with van der Waals surface area (Å²) in [5.74, 6) is 4.38. The van der Waals surface area contributed by atoms with Gasteiger partial charge in [-0.1, -0.05) is 182 Å². The number of rotatable bonds is 8. The van der Waals surface area contributed by atoms with Gasteiger partial charge >= 0.3 is 0 Å². The molecule has 6 heterocycles. The monoisotopic (exact) mass is 1080 g/mol. The fourth-order valence-electron chi connectivity index (χ4n) is 11.6. The smallest absolute Gasteiger partial charge is 0.199 e. The second-order valence-electron chi connectivity index (χ2n) is 20.6. The molecule has 82 heavy (non-hydrogen) atoms. The van der Waals surface area contributed by atoms with Crippen LogP contribution in [0.1, 0.15) is 0 Å². The van der Waals surface area contributed by atoms with Crippen molar-refractivity contribution in [3.8, 4) is 91.0 Å². The minimum atomic E-state index is 0.470. The van der Waals surface area contributed by atoms with E-state index in [9.17, 15) is 0 Å².